The van der Waals surface area contributed by atoms with Gasteiger partial charge in [-0.1, -0.05) is 38.1 Å². The number of hydrogen-bond acceptors (Lipinski definition) is 5. The molecule has 0 fully saturated rings. The predicted molar refractivity (Wildman–Crippen MR) is 122 cm³/mol. The molecule has 1 heterocycles. The lowest BCUT2D eigenvalue weighted by molar-refractivity contribution is 0.0283. The van der Waals surface area contributed by atoms with Gasteiger partial charge in [-0.15, -0.1) is 11.3 Å². The summed E-state index contributed by atoms with van der Waals surface area (Å²) in [6.45, 7) is 6.32. The monoisotopic (exact) mass is 426 g/mol. The lowest BCUT2D eigenvalue weighted by atomic mass is 9.87. The first-order valence-electron chi connectivity index (χ1n) is 10.3. The number of hydrogen-bond donors (Lipinski definition) is 3. The topological polar surface area (TPSA) is 69.9 Å². The summed E-state index contributed by atoms with van der Waals surface area (Å²) in [6.07, 6.45) is 1.39. The molecule has 0 saturated carbocycles. The van der Waals surface area contributed by atoms with E-state index in [1.807, 2.05) is 26.0 Å². The Kier molecular flexibility index (Phi) is 7.32. The zero-order valence-electron chi connectivity index (χ0n) is 17.8. The van der Waals surface area contributed by atoms with Gasteiger partial charge in [0.05, 0.1) is 18.8 Å². The van der Waals surface area contributed by atoms with Crippen LogP contribution in [0, 0.1) is 6.92 Å². The third-order valence-corrected chi connectivity index (χ3v) is 6.85. The molecule has 0 amide bonds. The Balaban J connectivity index is 1.74. The highest BCUT2D eigenvalue weighted by molar-refractivity contribution is 7.15. The van der Waals surface area contributed by atoms with Crippen molar-refractivity contribution in [2.75, 3.05) is 0 Å². The Morgan fingerprint density at radius 3 is 2.27 bits per heavy atom. The van der Waals surface area contributed by atoms with Crippen molar-refractivity contribution in [2.45, 2.75) is 59.0 Å². The minimum atomic E-state index is -0.767. The van der Waals surface area contributed by atoms with Crippen LogP contribution in [0.5, 0.6) is 5.75 Å². The summed E-state index contributed by atoms with van der Waals surface area (Å²) in [4.78, 5) is 2.27. The smallest absolute Gasteiger partial charge is 0.122 e. The minimum absolute atomic E-state index is 0.101. The van der Waals surface area contributed by atoms with Gasteiger partial charge in [0.15, 0.2) is 0 Å². The second-order valence-corrected chi connectivity index (χ2v) is 8.74. The maximum atomic E-state index is 10.8. The first-order valence-corrected chi connectivity index (χ1v) is 11.1. The van der Waals surface area contributed by atoms with E-state index in [9.17, 15) is 15.3 Å². The minimum Gasteiger partial charge on any atom is -0.488 e. The van der Waals surface area contributed by atoms with Crippen molar-refractivity contribution in [3.63, 3.8) is 0 Å². The molecule has 0 aliphatic rings. The van der Waals surface area contributed by atoms with Gasteiger partial charge in [0.1, 0.15) is 12.4 Å². The van der Waals surface area contributed by atoms with Crippen LogP contribution in [0.3, 0.4) is 0 Å². The molecule has 1 aromatic heterocycles. The van der Waals surface area contributed by atoms with Gasteiger partial charge in [0.25, 0.3) is 0 Å². The normalized spacial score (nSPS) is 11.7. The van der Waals surface area contributed by atoms with Crippen molar-refractivity contribution in [2.24, 2.45) is 0 Å². The Hall–Kier alpha value is -2.18. The molecule has 0 spiro atoms. The van der Waals surface area contributed by atoms with E-state index in [2.05, 4.69) is 31.2 Å². The average molecular weight is 427 g/mol. The van der Waals surface area contributed by atoms with Crippen molar-refractivity contribution in [3.8, 4) is 16.2 Å². The van der Waals surface area contributed by atoms with Gasteiger partial charge in [0.2, 0.25) is 0 Å². The van der Waals surface area contributed by atoms with Crippen LogP contribution in [0.15, 0.2) is 48.5 Å². The average Bonchev–Trinajstić information content (AvgIpc) is 3.25. The van der Waals surface area contributed by atoms with Crippen molar-refractivity contribution in [1.82, 2.24) is 0 Å². The molecule has 3 rings (SSSR count). The van der Waals surface area contributed by atoms with E-state index < -0.39 is 5.60 Å². The van der Waals surface area contributed by atoms with E-state index >= 15 is 0 Å². The van der Waals surface area contributed by atoms with Gasteiger partial charge in [-0.25, -0.2) is 0 Å². The Labute approximate surface area is 182 Å². The number of aliphatic hydroxyl groups excluding tert-OH is 2. The molecular formula is C25H30O4S. The van der Waals surface area contributed by atoms with Gasteiger partial charge in [0, 0.05) is 9.75 Å². The maximum absolute atomic E-state index is 10.8. The van der Waals surface area contributed by atoms with E-state index in [1.54, 1.807) is 23.5 Å². The molecule has 3 aromatic rings. The van der Waals surface area contributed by atoms with Crippen LogP contribution in [-0.2, 0) is 25.4 Å². The highest BCUT2D eigenvalue weighted by Gasteiger charge is 2.25. The van der Waals surface area contributed by atoms with E-state index in [0.717, 1.165) is 16.0 Å². The highest BCUT2D eigenvalue weighted by atomic mass is 32.1. The molecular weight excluding hydrogens is 396 g/mol. The summed E-state index contributed by atoms with van der Waals surface area (Å²) in [6, 6.07) is 15.7. The molecule has 0 bridgehead atoms. The zero-order valence-corrected chi connectivity index (χ0v) is 18.6. The summed E-state index contributed by atoms with van der Waals surface area (Å²) < 4.78 is 5.89. The maximum Gasteiger partial charge on any atom is 0.122 e. The fourth-order valence-electron chi connectivity index (χ4n) is 3.64. The van der Waals surface area contributed by atoms with E-state index in [4.69, 9.17) is 4.74 Å². The van der Waals surface area contributed by atoms with Crippen molar-refractivity contribution >= 4 is 11.3 Å². The molecule has 0 radical (unpaired) electrons. The third-order valence-electron chi connectivity index (χ3n) is 5.76. The first kappa shape index (κ1) is 22.5. The predicted octanol–water partition coefficient (Wildman–Crippen LogP) is 5.29. The van der Waals surface area contributed by atoms with E-state index in [0.29, 0.717) is 36.3 Å². The zero-order chi connectivity index (χ0) is 21.7. The van der Waals surface area contributed by atoms with Crippen LogP contribution in [0.25, 0.3) is 10.4 Å². The van der Waals surface area contributed by atoms with Crippen LogP contribution >= 0.6 is 11.3 Å². The number of benzene rings is 2. The quantitative estimate of drug-likeness (QED) is 0.435. The van der Waals surface area contributed by atoms with Gasteiger partial charge in [-0.2, -0.15) is 0 Å². The van der Waals surface area contributed by atoms with Crippen LogP contribution in [0.4, 0.5) is 0 Å². The Morgan fingerprint density at radius 1 is 0.900 bits per heavy atom. The third kappa shape index (κ3) is 4.76. The van der Waals surface area contributed by atoms with Gasteiger partial charge < -0.3 is 20.1 Å². The van der Waals surface area contributed by atoms with Crippen molar-refractivity contribution in [3.05, 3.63) is 75.7 Å². The number of aliphatic hydroxyl groups is 3. The number of thiophene rings is 1. The second kappa shape index (κ2) is 9.75. The summed E-state index contributed by atoms with van der Waals surface area (Å²) in [5.74, 6) is 0.671. The first-order chi connectivity index (χ1) is 14.4. The van der Waals surface area contributed by atoms with Crippen molar-refractivity contribution < 1.29 is 20.1 Å². The molecule has 0 aliphatic heterocycles. The van der Waals surface area contributed by atoms with Gasteiger partial charge in [-0.3, -0.25) is 0 Å². The second-order valence-electron chi connectivity index (χ2n) is 7.57. The van der Waals surface area contributed by atoms with E-state index in [-0.39, 0.29) is 13.2 Å². The fourth-order valence-corrected chi connectivity index (χ4v) is 4.65. The number of aryl methyl sites for hydroxylation is 1. The number of rotatable bonds is 9. The van der Waals surface area contributed by atoms with Gasteiger partial charge >= 0.3 is 0 Å². The summed E-state index contributed by atoms with van der Waals surface area (Å²) in [5.41, 5.74) is 3.90. The largest absolute Gasteiger partial charge is 0.488 e. The summed E-state index contributed by atoms with van der Waals surface area (Å²) >= 11 is 1.68. The fraction of sp³-hybridized carbons (Fsp3) is 0.360. The molecule has 160 valence electrons. The molecule has 0 aliphatic carbocycles. The standard InChI is InChI=1S/C25H30O4S/c1-4-25(28,5-2)20-7-10-23(17(3)12-20)24-11-9-22(30-24)16-29-21-8-6-18(14-26)19(13-21)15-27/h6-13,26-28H,4-5,14-16H2,1-3H3. The van der Waals surface area contributed by atoms with Crippen molar-refractivity contribution in [1.29, 1.82) is 0 Å². The number of ether oxygens (including phenoxy) is 1. The van der Waals surface area contributed by atoms with Crippen LogP contribution in [0.1, 0.15) is 53.8 Å². The SMILES string of the molecule is CCC(O)(CC)c1ccc(-c2ccc(COc3ccc(CO)c(CO)c3)s2)c(C)c1. The Morgan fingerprint density at radius 2 is 1.63 bits per heavy atom. The van der Waals surface area contributed by atoms with E-state index in [1.165, 1.54) is 10.4 Å². The summed E-state index contributed by atoms with van der Waals surface area (Å²) in [7, 11) is 0. The molecule has 3 N–H and O–H groups in total. The lowest BCUT2D eigenvalue weighted by Crippen LogP contribution is -2.23. The molecule has 30 heavy (non-hydrogen) atoms. The molecule has 0 saturated heterocycles. The molecule has 2 aromatic carbocycles. The van der Waals surface area contributed by atoms with Crippen LogP contribution < -0.4 is 4.74 Å². The lowest BCUT2D eigenvalue weighted by Gasteiger charge is -2.26. The van der Waals surface area contributed by atoms with Gasteiger partial charge in [-0.05, 0) is 71.8 Å². The molecule has 5 heteroatoms. The molecule has 4 nitrogen and oxygen atoms in total. The summed E-state index contributed by atoms with van der Waals surface area (Å²) in [5, 5.41) is 29.5. The highest BCUT2D eigenvalue weighted by Crippen LogP contribution is 2.35. The van der Waals surface area contributed by atoms with Crippen LogP contribution in [-0.4, -0.2) is 15.3 Å². The molecule has 0 atom stereocenters. The van der Waals surface area contributed by atoms with Crippen LogP contribution in [0.2, 0.25) is 0 Å². The Bertz CT molecular complexity index is 989. The molecule has 0 unspecified atom stereocenters.